The van der Waals surface area contributed by atoms with E-state index in [1.807, 2.05) is 18.2 Å². The van der Waals surface area contributed by atoms with Gasteiger partial charge in [0.15, 0.2) is 5.16 Å². The molecule has 0 radical (unpaired) electrons. The van der Waals surface area contributed by atoms with Crippen LogP contribution in [0.4, 0.5) is 5.00 Å². The first-order valence-corrected chi connectivity index (χ1v) is 14.8. The molecule has 1 aromatic carbocycles. The Morgan fingerprint density at radius 1 is 1.05 bits per heavy atom. The summed E-state index contributed by atoms with van der Waals surface area (Å²) < 4.78 is 7.42. The molecule has 0 atom stereocenters. The van der Waals surface area contributed by atoms with Crippen molar-refractivity contribution in [2.75, 3.05) is 30.8 Å². The molecule has 37 heavy (non-hydrogen) atoms. The fourth-order valence-corrected chi connectivity index (χ4v) is 7.04. The van der Waals surface area contributed by atoms with Crippen LogP contribution >= 0.6 is 23.1 Å². The predicted molar refractivity (Wildman–Crippen MR) is 146 cm³/mol. The zero-order chi connectivity index (χ0) is 25.6. The molecule has 1 aliphatic carbocycles. The van der Waals surface area contributed by atoms with E-state index >= 15 is 0 Å². The van der Waals surface area contributed by atoms with Crippen LogP contribution in [0.25, 0.3) is 0 Å². The number of likely N-dealkylation sites (tertiary alicyclic amines) is 1. The van der Waals surface area contributed by atoms with Crippen LogP contribution in [-0.4, -0.2) is 57.0 Å². The number of rotatable bonds is 10. The van der Waals surface area contributed by atoms with Crippen LogP contribution in [0.1, 0.15) is 64.8 Å². The van der Waals surface area contributed by atoms with E-state index in [1.165, 1.54) is 52.8 Å². The van der Waals surface area contributed by atoms with E-state index in [2.05, 4.69) is 37.1 Å². The van der Waals surface area contributed by atoms with Crippen LogP contribution < -0.4 is 5.32 Å². The molecule has 2 aliphatic rings. The third-order valence-corrected chi connectivity index (χ3v) is 8.95. The summed E-state index contributed by atoms with van der Waals surface area (Å²) in [6.07, 6.45) is 6.55. The molecule has 10 heteroatoms. The Labute approximate surface area is 225 Å². The first-order chi connectivity index (χ1) is 18.1. The van der Waals surface area contributed by atoms with Gasteiger partial charge in [0, 0.05) is 4.88 Å². The summed E-state index contributed by atoms with van der Waals surface area (Å²) in [6.45, 7) is 5.68. The first-order valence-electron chi connectivity index (χ1n) is 13.0. The van der Waals surface area contributed by atoms with Gasteiger partial charge in [-0.3, -0.25) is 9.69 Å². The second kappa shape index (κ2) is 12.2. The number of thiophene rings is 1. The molecule has 0 spiro atoms. The highest BCUT2D eigenvalue weighted by Crippen LogP contribution is 2.39. The molecule has 1 amide bonds. The van der Waals surface area contributed by atoms with Crippen molar-refractivity contribution in [1.29, 1.82) is 0 Å². The summed E-state index contributed by atoms with van der Waals surface area (Å²) in [5, 5.41) is 13.3. The molecule has 0 bridgehead atoms. The maximum atomic E-state index is 13.0. The lowest BCUT2D eigenvalue weighted by atomic mass is 10.1. The molecule has 0 saturated carbocycles. The monoisotopic (exact) mass is 539 g/mol. The smallest absolute Gasteiger partial charge is 0.341 e. The van der Waals surface area contributed by atoms with Gasteiger partial charge < -0.3 is 14.6 Å². The van der Waals surface area contributed by atoms with Gasteiger partial charge in [-0.05, 0) is 63.2 Å². The number of benzene rings is 1. The highest BCUT2D eigenvalue weighted by atomic mass is 32.2. The van der Waals surface area contributed by atoms with Crippen molar-refractivity contribution < 1.29 is 14.3 Å². The first kappa shape index (κ1) is 25.9. The van der Waals surface area contributed by atoms with Gasteiger partial charge in [0.2, 0.25) is 5.91 Å². The second-order valence-corrected chi connectivity index (χ2v) is 11.5. The van der Waals surface area contributed by atoms with Gasteiger partial charge in [0.1, 0.15) is 10.8 Å². The van der Waals surface area contributed by atoms with Crippen molar-refractivity contribution in [2.24, 2.45) is 0 Å². The lowest BCUT2D eigenvalue weighted by Gasteiger charge is -2.26. The molecule has 1 aliphatic heterocycles. The zero-order valence-electron chi connectivity index (χ0n) is 21.2. The van der Waals surface area contributed by atoms with Crippen molar-refractivity contribution in [3.63, 3.8) is 0 Å². The molecule has 0 unspecified atom stereocenters. The van der Waals surface area contributed by atoms with E-state index in [4.69, 9.17) is 4.74 Å². The largest absolute Gasteiger partial charge is 0.462 e. The van der Waals surface area contributed by atoms with E-state index in [0.717, 1.165) is 55.4 Å². The van der Waals surface area contributed by atoms with Crippen LogP contribution in [0.2, 0.25) is 0 Å². The van der Waals surface area contributed by atoms with Crippen LogP contribution in [0.5, 0.6) is 0 Å². The van der Waals surface area contributed by atoms with Crippen molar-refractivity contribution >= 4 is 40.0 Å². The topological polar surface area (TPSA) is 89.3 Å². The fourth-order valence-electron chi connectivity index (χ4n) is 4.99. The normalized spacial score (nSPS) is 15.5. The number of anilines is 1. The highest BCUT2D eigenvalue weighted by Gasteiger charge is 2.28. The number of ether oxygens (including phenoxy) is 1. The Morgan fingerprint density at radius 2 is 1.86 bits per heavy atom. The van der Waals surface area contributed by atoms with Gasteiger partial charge in [-0.2, -0.15) is 0 Å². The number of carbonyl (C=O) groups is 2. The molecule has 8 nitrogen and oxygen atoms in total. The van der Waals surface area contributed by atoms with Crippen molar-refractivity contribution in [1.82, 2.24) is 19.7 Å². The van der Waals surface area contributed by atoms with E-state index in [9.17, 15) is 9.59 Å². The minimum absolute atomic E-state index is 0.165. The number of esters is 1. The number of aromatic nitrogens is 3. The maximum Gasteiger partial charge on any atom is 0.341 e. The number of carbonyl (C=O) groups excluding carboxylic acids is 2. The van der Waals surface area contributed by atoms with Crippen molar-refractivity contribution in [3.8, 4) is 0 Å². The third-order valence-electron chi connectivity index (χ3n) is 6.78. The fraction of sp³-hybridized carbons (Fsp3) is 0.481. The van der Waals surface area contributed by atoms with E-state index < -0.39 is 0 Å². The van der Waals surface area contributed by atoms with E-state index in [1.54, 1.807) is 6.92 Å². The van der Waals surface area contributed by atoms with Gasteiger partial charge in [0.25, 0.3) is 0 Å². The average molecular weight is 540 g/mol. The minimum atomic E-state index is -0.352. The molecule has 196 valence electrons. The summed E-state index contributed by atoms with van der Waals surface area (Å²) in [5.74, 6) is 0.589. The Kier molecular flexibility index (Phi) is 8.58. The zero-order valence-corrected chi connectivity index (χ0v) is 22.8. The average Bonchev–Trinajstić information content (AvgIpc) is 3.59. The molecule has 2 aromatic heterocycles. The van der Waals surface area contributed by atoms with E-state index in [0.29, 0.717) is 23.7 Å². The maximum absolute atomic E-state index is 13.0. The standard InChI is InChI=1S/C27H33N5O3S2/c1-2-35-26(34)24-20-12-9-13-21(20)37-25(24)28-23(33)18-36-27-30-29-22(17-31-14-7-4-8-15-31)32(27)16-19-10-5-3-6-11-19/h3,5-6,10-11H,2,4,7-9,12-18H2,1H3,(H,28,33). The molecule has 1 N–H and O–H groups in total. The number of thioether (sulfide) groups is 1. The summed E-state index contributed by atoms with van der Waals surface area (Å²) in [5.41, 5.74) is 2.74. The molecule has 1 fully saturated rings. The number of aryl methyl sites for hydroxylation is 1. The number of nitrogens with one attached hydrogen (secondary N) is 1. The van der Waals surface area contributed by atoms with Gasteiger partial charge in [0.05, 0.1) is 31.0 Å². The predicted octanol–water partition coefficient (Wildman–Crippen LogP) is 4.77. The van der Waals surface area contributed by atoms with Gasteiger partial charge >= 0.3 is 5.97 Å². The number of amides is 1. The van der Waals surface area contributed by atoms with Crippen LogP contribution in [0, 0.1) is 0 Å². The summed E-state index contributed by atoms with van der Waals surface area (Å²) in [6, 6.07) is 10.3. The molecular weight excluding hydrogens is 506 g/mol. The Bertz CT molecular complexity index is 1230. The van der Waals surface area contributed by atoms with Crippen molar-refractivity contribution in [2.45, 2.75) is 63.7 Å². The number of hydrogen-bond donors (Lipinski definition) is 1. The summed E-state index contributed by atoms with van der Waals surface area (Å²) in [4.78, 5) is 29.2. The molecule has 1 saturated heterocycles. The van der Waals surface area contributed by atoms with Crippen molar-refractivity contribution in [3.05, 3.63) is 57.7 Å². The lowest BCUT2D eigenvalue weighted by molar-refractivity contribution is -0.113. The van der Waals surface area contributed by atoms with Crippen LogP contribution in [0.15, 0.2) is 35.5 Å². The lowest BCUT2D eigenvalue weighted by Crippen LogP contribution is -2.30. The van der Waals surface area contributed by atoms with E-state index in [-0.39, 0.29) is 17.6 Å². The quantitative estimate of drug-likeness (QED) is 0.293. The number of nitrogens with zero attached hydrogens (tertiary/aromatic N) is 4. The molecule has 5 rings (SSSR count). The van der Waals surface area contributed by atoms with Crippen LogP contribution in [0.3, 0.4) is 0 Å². The number of fused-ring (bicyclic) bond motifs is 1. The number of piperidine rings is 1. The molecule has 3 aromatic rings. The second-order valence-electron chi connectivity index (χ2n) is 9.43. The molecular formula is C27H33N5O3S2. The number of hydrogen-bond acceptors (Lipinski definition) is 8. The SMILES string of the molecule is CCOC(=O)c1c(NC(=O)CSc2nnc(CN3CCCCC3)n2Cc2ccccc2)sc2c1CCC2. The van der Waals surface area contributed by atoms with Gasteiger partial charge in [-0.1, -0.05) is 48.5 Å². The summed E-state index contributed by atoms with van der Waals surface area (Å²) >= 11 is 2.88. The third kappa shape index (κ3) is 6.25. The highest BCUT2D eigenvalue weighted by molar-refractivity contribution is 7.99. The molecule has 3 heterocycles. The summed E-state index contributed by atoms with van der Waals surface area (Å²) in [7, 11) is 0. The van der Waals surface area contributed by atoms with Crippen LogP contribution in [-0.2, 0) is 35.5 Å². The Hall–Kier alpha value is -2.69. The Balaban J connectivity index is 1.29. The van der Waals surface area contributed by atoms with Gasteiger partial charge in [-0.15, -0.1) is 21.5 Å². The minimum Gasteiger partial charge on any atom is -0.462 e. The van der Waals surface area contributed by atoms with Gasteiger partial charge in [-0.25, -0.2) is 4.79 Å². The Morgan fingerprint density at radius 3 is 2.65 bits per heavy atom.